The molecule has 1 aromatic carbocycles. The lowest BCUT2D eigenvalue weighted by atomic mass is 10.1. The predicted octanol–water partition coefficient (Wildman–Crippen LogP) is 1.99. The number of benzene rings is 1. The largest absolute Gasteiger partial charge is 0.454 e. The number of aromatic nitrogens is 2. The lowest BCUT2D eigenvalue weighted by Crippen LogP contribution is -2.40. The van der Waals surface area contributed by atoms with E-state index in [-0.39, 0.29) is 30.7 Å². The van der Waals surface area contributed by atoms with Crippen molar-refractivity contribution >= 4 is 5.91 Å². The topological polar surface area (TPSA) is 82.5 Å². The number of carbonyl (C=O) groups is 1. The van der Waals surface area contributed by atoms with Crippen molar-refractivity contribution in [2.24, 2.45) is 0 Å². The number of amides is 1. The maximum atomic E-state index is 12.4. The molecular formula is C21H25N3O4. The van der Waals surface area contributed by atoms with Crippen LogP contribution in [0.2, 0.25) is 0 Å². The normalized spacial score (nSPS) is 16.2. The molecule has 1 aliphatic heterocycles. The third-order valence-electron chi connectivity index (χ3n) is 5.18. The van der Waals surface area contributed by atoms with Gasteiger partial charge in [0.15, 0.2) is 11.5 Å². The van der Waals surface area contributed by atoms with Gasteiger partial charge in [0, 0.05) is 12.1 Å². The highest BCUT2D eigenvalue weighted by Crippen LogP contribution is 2.32. The number of hydrogen-bond donors (Lipinski definition) is 1. The lowest BCUT2D eigenvalue weighted by molar-refractivity contribution is -0.121. The number of ether oxygens (including phenoxy) is 2. The Labute approximate surface area is 163 Å². The Morgan fingerprint density at radius 1 is 1.18 bits per heavy atom. The van der Waals surface area contributed by atoms with Crippen molar-refractivity contribution in [1.29, 1.82) is 0 Å². The Balaban J connectivity index is 1.37. The van der Waals surface area contributed by atoms with Gasteiger partial charge in [0.2, 0.25) is 12.7 Å². The second-order valence-electron chi connectivity index (χ2n) is 7.53. The van der Waals surface area contributed by atoms with Crippen LogP contribution in [-0.4, -0.2) is 28.5 Å². The molecule has 1 aliphatic carbocycles. The van der Waals surface area contributed by atoms with E-state index in [9.17, 15) is 9.59 Å². The molecule has 1 aromatic heterocycles. The summed E-state index contributed by atoms with van der Waals surface area (Å²) < 4.78 is 12.1. The van der Waals surface area contributed by atoms with E-state index in [0.717, 1.165) is 42.5 Å². The van der Waals surface area contributed by atoms with Gasteiger partial charge in [-0.15, -0.1) is 0 Å². The van der Waals surface area contributed by atoms with Gasteiger partial charge < -0.3 is 14.8 Å². The second-order valence-corrected chi connectivity index (χ2v) is 7.53. The minimum Gasteiger partial charge on any atom is -0.454 e. The standard InChI is InChI=1S/C21H25N3O4/c1-14(12-24-21(26)11-16-5-3-2-4-6-17(16)23-24)22-20(25)10-15-7-8-18-19(9-15)28-13-27-18/h7-9,11,14H,2-6,10,12-13H2,1H3,(H,22,25)/t14-/m0/s1. The molecule has 4 rings (SSSR count). The first-order valence-corrected chi connectivity index (χ1v) is 9.86. The summed E-state index contributed by atoms with van der Waals surface area (Å²) in [5.41, 5.74) is 2.86. The number of fused-ring (bicyclic) bond motifs is 2. The number of nitrogens with one attached hydrogen (secondary N) is 1. The molecule has 1 atom stereocenters. The van der Waals surface area contributed by atoms with Gasteiger partial charge in [-0.25, -0.2) is 4.68 Å². The number of aryl methyl sites for hydroxylation is 2. The fourth-order valence-electron chi connectivity index (χ4n) is 3.78. The van der Waals surface area contributed by atoms with Crippen molar-refractivity contribution in [3.63, 3.8) is 0 Å². The molecule has 0 radical (unpaired) electrons. The first kappa shape index (κ1) is 18.5. The fourth-order valence-corrected chi connectivity index (χ4v) is 3.78. The van der Waals surface area contributed by atoms with Crippen LogP contribution >= 0.6 is 0 Å². The second kappa shape index (κ2) is 8.04. The summed E-state index contributed by atoms with van der Waals surface area (Å²) in [4.78, 5) is 24.8. The van der Waals surface area contributed by atoms with Gasteiger partial charge >= 0.3 is 0 Å². The van der Waals surface area contributed by atoms with E-state index in [0.29, 0.717) is 18.0 Å². The minimum absolute atomic E-state index is 0.0995. The summed E-state index contributed by atoms with van der Waals surface area (Å²) in [5, 5.41) is 7.52. The first-order valence-electron chi connectivity index (χ1n) is 9.86. The molecule has 0 saturated heterocycles. The number of hydrogen-bond acceptors (Lipinski definition) is 5. The smallest absolute Gasteiger partial charge is 0.267 e. The summed E-state index contributed by atoms with van der Waals surface area (Å²) in [6.45, 7) is 2.46. The zero-order valence-corrected chi connectivity index (χ0v) is 16.1. The summed E-state index contributed by atoms with van der Waals surface area (Å²) in [5.74, 6) is 1.26. The van der Waals surface area contributed by atoms with Crippen molar-refractivity contribution in [3.05, 3.63) is 51.4 Å². The Morgan fingerprint density at radius 3 is 2.89 bits per heavy atom. The molecule has 0 saturated carbocycles. The fraction of sp³-hybridized carbons (Fsp3) is 0.476. The Bertz CT molecular complexity index is 938. The van der Waals surface area contributed by atoms with E-state index in [1.54, 1.807) is 6.07 Å². The van der Waals surface area contributed by atoms with E-state index < -0.39 is 0 Å². The highest BCUT2D eigenvalue weighted by atomic mass is 16.7. The zero-order valence-electron chi connectivity index (χ0n) is 16.1. The number of nitrogens with zero attached hydrogens (tertiary/aromatic N) is 2. The molecule has 0 bridgehead atoms. The number of carbonyl (C=O) groups excluding carboxylic acids is 1. The average Bonchev–Trinajstić information content (AvgIpc) is 3.00. The van der Waals surface area contributed by atoms with Crippen LogP contribution in [0.5, 0.6) is 11.5 Å². The van der Waals surface area contributed by atoms with Crippen molar-refractivity contribution in [2.75, 3.05) is 6.79 Å². The molecule has 2 aromatic rings. The third kappa shape index (κ3) is 4.18. The molecule has 28 heavy (non-hydrogen) atoms. The summed E-state index contributed by atoms with van der Waals surface area (Å²) >= 11 is 0. The van der Waals surface area contributed by atoms with Crippen LogP contribution in [0, 0.1) is 0 Å². The molecule has 7 nitrogen and oxygen atoms in total. The molecule has 7 heteroatoms. The van der Waals surface area contributed by atoms with Crippen LogP contribution in [0.4, 0.5) is 0 Å². The maximum absolute atomic E-state index is 12.4. The molecule has 2 heterocycles. The van der Waals surface area contributed by atoms with Crippen LogP contribution in [0.1, 0.15) is 43.0 Å². The van der Waals surface area contributed by atoms with Gasteiger partial charge in [0.25, 0.3) is 5.56 Å². The predicted molar refractivity (Wildman–Crippen MR) is 104 cm³/mol. The van der Waals surface area contributed by atoms with Gasteiger partial charge in [0.1, 0.15) is 0 Å². The Hall–Kier alpha value is -2.83. The highest BCUT2D eigenvalue weighted by molar-refractivity contribution is 5.79. The molecule has 148 valence electrons. The summed E-state index contributed by atoms with van der Waals surface area (Å²) in [6, 6.07) is 7.01. The van der Waals surface area contributed by atoms with E-state index in [1.807, 2.05) is 25.1 Å². The summed E-state index contributed by atoms with van der Waals surface area (Å²) in [7, 11) is 0. The van der Waals surface area contributed by atoms with Gasteiger partial charge in [0.05, 0.1) is 18.7 Å². The van der Waals surface area contributed by atoms with E-state index in [4.69, 9.17) is 9.47 Å². The van der Waals surface area contributed by atoms with Gasteiger partial charge in [-0.3, -0.25) is 9.59 Å². The maximum Gasteiger partial charge on any atom is 0.267 e. The monoisotopic (exact) mass is 383 g/mol. The van der Waals surface area contributed by atoms with Crippen molar-refractivity contribution < 1.29 is 14.3 Å². The van der Waals surface area contributed by atoms with Gasteiger partial charge in [-0.2, -0.15) is 5.10 Å². The van der Waals surface area contributed by atoms with Crippen molar-refractivity contribution in [2.45, 2.75) is 58.0 Å². The number of rotatable bonds is 5. The van der Waals surface area contributed by atoms with Gasteiger partial charge in [-0.1, -0.05) is 12.5 Å². The molecule has 0 unspecified atom stereocenters. The van der Waals surface area contributed by atoms with E-state index in [1.165, 1.54) is 11.1 Å². The van der Waals surface area contributed by atoms with Crippen LogP contribution in [-0.2, 0) is 30.6 Å². The van der Waals surface area contributed by atoms with Gasteiger partial charge in [-0.05, 0) is 55.9 Å². The Kier molecular flexibility index (Phi) is 5.32. The zero-order chi connectivity index (χ0) is 19.5. The van der Waals surface area contributed by atoms with Crippen LogP contribution in [0.3, 0.4) is 0 Å². The van der Waals surface area contributed by atoms with Crippen molar-refractivity contribution in [3.8, 4) is 11.5 Å². The summed E-state index contributed by atoms with van der Waals surface area (Å²) in [6.07, 6.45) is 5.50. The first-order chi connectivity index (χ1) is 13.6. The van der Waals surface area contributed by atoms with Crippen LogP contribution < -0.4 is 20.3 Å². The lowest BCUT2D eigenvalue weighted by Gasteiger charge is -2.16. The van der Waals surface area contributed by atoms with Crippen LogP contribution in [0.15, 0.2) is 29.1 Å². The van der Waals surface area contributed by atoms with Crippen molar-refractivity contribution in [1.82, 2.24) is 15.1 Å². The molecule has 1 amide bonds. The SMILES string of the molecule is C[C@@H](Cn1nc2c(cc1=O)CCCCC2)NC(=O)Cc1ccc2c(c1)OCO2. The average molecular weight is 383 g/mol. The molecular weight excluding hydrogens is 358 g/mol. The third-order valence-corrected chi connectivity index (χ3v) is 5.18. The van der Waals surface area contributed by atoms with E-state index >= 15 is 0 Å². The highest BCUT2D eigenvalue weighted by Gasteiger charge is 2.17. The molecule has 0 fully saturated rings. The van der Waals surface area contributed by atoms with Crippen LogP contribution in [0.25, 0.3) is 0 Å². The molecule has 1 N–H and O–H groups in total. The minimum atomic E-state index is -0.199. The molecule has 0 spiro atoms. The quantitative estimate of drug-likeness (QED) is 0.799. The molecule has 2 aliphatic rings. The Morgan fingerprint density at radius 2 is 2.00 bits per heavy atom. The van der Waals surface area contributed by atoms with E-state index in [2.05, 4.69) is 10.4 Å².